The molecule has 2 amide bonds. The van der Waals surface area contributed by atoms with Gasteiger partial charge in [-0.05, 0) is 18.4 Å². The van der Waals surface area contributed by atoms with Gasteiger partial charge in [-0.3, -0.25) is 9.59 Å². The minimum Gasteiger partial charge on any atom is -0.396 e. The SMILES string of the molecule is CC12OC(CCO)(CC1O)C1C(=O)N(c3ccc4ccccc4c3C#N)C(=O)C12. The summed E-state index contributed by atoms with van der Waals surface area (Å²) in [4.78, 5) is 28.0. The van der Waals surface area contributed by atoms with Crippen LogP contribution >= 0.6 is 0 Å². The molecule has 2 bridgehead atoms. The predicted molar refractivity (Wildman–Crippen MR) is 103 cm³/mol. The van der Waals surface area contributed by atoms with E-state index in [-0.39, 0.29) is 30.7 Å². The number of benzene rings is 2. The lowest BCUT2D eigenvalue weighted by molar-refractivity contribution is -0.134. The first-order chi connectivity index (χ1) is 13.9. The maximum Gasteiger partial charge on any atom is 0.240 e. The van der Waals surface area contributed by atoms with E-state index in [1.54, 1.807) is 31.2 Å². The van der Waals surface area contributed by atoms with Crippen molar-refractivity contribution in [2.45, 2.75) is 37.1 Å². The van der Waals surface area contributed by atoms with E-state index >= 15 is 0 Å². The van der Waals surface area contributed by atoms with Gasteiger partial charge in [0.1, 0.15) is 11.7 Å². The van der Waals surface area contributed by atoms with Crippen molar-refractivity contribution in [2.24, 2.45) is 11.8 Å². The van der Waals surface area contributed by atoms with Crippen LogP contribution in [0.15, 0.2) is 36.4 Å². The highest BCUT2D eigenvalue weighted by molar-refractivity contribution is 6.24. The van der Waals surface area contributed by atoms with E-state index in [0.29, 0.717) is 5.39 Å². The Morgan fingerprint density at radius 3 is 2.66 bits per heavy atom. The van der Waals surface area contributed by atoms with Gasteiger partial charge in [-0.1, -0.05) is 30.3 Å². The minimum atomic E-state index is -1.19. The molecule has 5 rings (SSSR count). The zero-order valence-electron chi connectivity index (χ0n) is 15.8. The second kappa shape index (κ2) is 5.86. The summed E-state index contributed by atoms with van der Waals surface area (Å²) in [6.45, 7) is 1.44. The number of amides is 2. The molecule has 148 valence electrons. The lowest BCUT2D eigenvalue weighted by Gasteiger charge is -2.33. The van der Waals surface area contributed by atoms with Crippen LogP contribution in [0, 0.1) is 23.2 Å². The number of aliphatic hydroxyl groups is 2. The molecule has 3 aliphatic heterocycles. The van der Waals surface area contributed by atoms with Crippen LogP contribution in [0.4, 0.5) is 5.69 Å². The minimum absolute atomic E-state index is 0.163. The predicted octanol–water partition coefficient (Wildman–Crippen LogP) is 1.49. The van der Waals surface area contributed by atoms with Crippen LogP contribution in [0.5, 0.6) is 0 Å². The first kappa shape index (κ1) is 18.3. The van der Waals surface area contributed by atoms with Gasteiger partial charge in [0.15, 0.2) is 0 Å². The average molecular weight is 392 g/mol. The van der Waals surface area contributed by atoms with Crippen LogP contribution in [0.1, 0.15) is 25.3 Å². The Labute approximate surface area is 167 Å². The van der Waals surface area contributed by atoms with Crippen LogP contribution in [-0.2, 0) is 14.3 Å². The number of hydrogen-bond donors (Lipinski definition) is 2. The number of anilines is 1. The number of nitrogens with zero attached hydrogens (tertiary/aromatic N) is 2. The Kier molecular flexibility index (Phi) is 3.69. The third-order valence-electron chi connectivity index (χ3n) is 6.91. The molecule has 0 spiro atoms. The lowest BCUT2D eigenvalue weighted by Crippen LogP contribution is -2.49. The van der Waals surface area contributed by atoms with E-state index < -0.39 is 41.0 Å². The van der Waals surface area contributed by atoms with E-state index in [1.807, 2.05) is 12.1 Å². The second-order valence-corrected chi connectivity index (χ2v) is 8.30. The van der Waals surface area contributed by atoms with Gasteiger partial charge in [0.2, 0.25) is 11.8 Å². The average Bonchev–Trinajstić information content (AvgIpc) is 3.23. The Morgan fingerprint density at radius 1 is 1.21 bits per heavy atom. The van der Waals surface area contributed by atoms with Crippen molar-refractivity contribution in [1.82, 2.24) is 0 Å². The van der Waals surface area contributed by atoms with Crippen LogP contribution in [0.25, 0.3) is 10.8 Å². The van der Waals surface area contributed by atoms with Crippen molar-refractivity contribution in [1.29, 1.82) is 5.26 Å². The summed E-state index contributed by atoms with van der Waals surface area (Å²) < 4.78 is 6.08. The molecule has 7 nitrogen and oxygen atoms in total. The molecule has 29 heavy (non-hydrogen) atoms. The van der Waals surface area contributed by atoms with E-state index in [0.717, 1.165) is 10.3 Å². The van der Waals surface area contributed by atoms with Gasteiger partial charge < -0.3 is 14.9 Å². The molecule has 0 radical (unpaired) electrons. The molecular weight excluding hydrogens is 372 g/mol. The Balaban J connectivity index is 1.67. The molecule has 2 aromatic rings. The summed E-state index contributed by atoms with van der Waals surface area (Å²) in [6, 6.07) is 12.9. The molecule has 3 heterocycles. The first-order valence-corrected chi connectivity index (χ1v) is 9.67. The standard InChI is InChI=1S/C22H20N2O5/c1-21-16(26)10-22(29-21,8-9-25)18-17(21)19(27)24(20(18)28)15-7-6-12-4-2-3-5-13(12)14(15)11-23/h2-7,16-18,25-26H,8-10H2,1H3. The maximum atomic E-state index is 13.5. The monoisotopic (exact) mass is 392 g/mol. The third kappa shape index (κ3) is 2.11. The topological polar surface area (TPSA) is 111 Å². The third-order valence-corrected chi connectivity index (χ3v) is 6.91. The fourth-order valence-corrected chi connectivity index (χ4v) is 5.61. The normalized spacial score (nSPS) is 35.4. The van der Waals surface area contributed by atoms with Crippen molar-refractivity contribution < 1.29 is 24.5 Å². The summed E-state index contributed by atoms with van der Waals surface area (Å²) in [5.74, 6) is -2.53. The fourth-order valence-electron chi connectivity index (χ4n) is 5.61. The van der Waals surface area contributed by atoms with Gasteiger partial charge in [-0.15, -0.1) is 0 Å². The van der Waals surface area contributed by atoms with Crippen molar-refractivity contribution in [3.05, 3.63) is 42.0 Å². The number of carbonyl (C=O) groups is 2. The van der Waals surface area contributed by atoms with E-state index in [4.69, 9.17) is 4.74 Å². The quantitative estimate of drug-likeness (QED) is 0.766. The molecule has 0 saturated carbocycles. The van der Waals surface area contributed by atoms with Crippen LogP contribution in [0.3, 0.4) is 0 Å². The maximum absolute atomic E-state index is 13.5. The smallest absolute Gasteiger partial charge is 0.240 e. The molecule has 7 heteroatoms. The van der Waals surface area contributed by atoms with Crippen LogP contribution < -0.4 is 4.90 Å². The number of aliphatic hydroxyl groups excluding tert-OH is 2. The van der Waals surface area contributed by atoms with Crippen molar-refractivity contribution in [3.8, 4) is 6.07 Å². The number of hydrogen-bond acceptors (Lipinski definition) is 6. The summed E-state index contributed by atoms with van der Waals surface area (Å²) in [6.07, 6.45) is -0.545. The first-order valence-electron chi connectivity index (χ1n) is 9.67. The summed E-state index contributed by atoms with van der Waals surface area (Å²) in [5, 5.41) is 31.4. The Morgan fingerprint density at radius 2 is 1.93 bits per heavy atom. The molecule has 0 aliphatic carbocycles. The number of fused-ring (bicyclic) bond motifs is 6. The lowest BCUT2D eigenvalue weighted by atomic mass is 9.66. The van der Waals surface area contributed by atoms with Crippen LogP contribution in [0.2, 0.25) is 0 Å². The van der Waals surface area contributed by atoms with E-state index in [2.05, 4.69) is 6.07 Å². The van der Waals surface area contributed by atoms with Gasteiger partial charge in [-0.25, -0.2) is 4.90 Å². The summed E-state index contributed by atoms with van der Waals surface area (Å²) in [7, 11) is 0. The fraction of sp³-hybridized carbons (Fsp3) is 0.409. The molecule has 2 N–H and O–H groups in total. The number of carbonyl (C=O) groups excluding carboxylic acids is 2. The molecular formula is C22H20N2O5. The zero-order chi connectivity index (χ0) is 20.6. The van der Waals surface area contributed by atoms with Gasteiger partial charge in [0, 0.05) is 24.8 Å². The number of imide groups is 1. The molecule has 3 fully saturated rings. The number of nitriles is 1. The molecule has 2 aromatic carbocycles. The van der Waals surface area contributed by atoms with Crippen LogP contribution in [-0.4, -0.2) is 45.9 Å². The molecule has 3 saturated heterocycles. The van der Waals surface area contributed by atoms with Gasteiger partial charge in [-0.2, -0.15) is 5.26 Å². The van der Waals surface area contributed by atoms with Crippen molar-refractivity contribution >= 4 is 28.3 Å². The summed E-state index contributed by atoms with van der Waals surface area (Å²) >= 11 is 0. The Bertz CT molecular complexity index is 1110. The summed E-state index contributed by atoms with van der Waals surface area (Å²) in [5.41, 5.74) is -1.74. The highest BCUT2D eigenvalue weighted by atomic mass is 16.6. The van der Waals surface area contributed by atoms with E-state index in [1.165, 1.54) is 0 Å². The largest absolute Gasteiger partial charge is 0.396 e. The van der Waals surface area contributed by atoms with Crippen molar-refractivity contribution in [3.63, 3.8) is 0 Å². The Hall–Kier alpha value is -2.79. The molecule has 5 atom stereocenters. The van der Waals surface area contributed by atoms with Crippen molar-refractivity contribution in [2.75, 3.05) is 11.5 Å². The second-order valence-electron chi connectivity index (χ2n) is 8.30. The molecule has 5 unspecified atom stereocenters. The highest BCUT2D eigenvalue weighted by Gasteiger charge is 2.76. The van der Waals surface area contributed by atoms with Gasteiger partial charge in [0.05, 0.1) is 34.8 Å². The van der Waals surface area contributed by atoms with E-state index in [9.17, 15) is 25.1 Å². The highest BCUT2D eigenvalue weighted by Crippen LogP contribution is 2.62. The zero-order valence-corrected chi connectivity index (χ0v) is 15.8. The number of ether oxygens (including phenoxy) is 1. The molecule has 0 aromatic heterocycles. The molecule has 3 aliphatic rings. The van der Waals surface area contributed by atoms with Gasteiger partial charge >= 0.3 is 0 Å². The van der Waals surface area contributed by atoms with Gasteiger partial charge in [0.25, 0.3) is 0 Å². The number of rotatable bonds is 3.